The van der Waals surface area contributed by atoms with Crippen LogP contribution in [0.4, 0.5) is 0 Å². The van der Waals surface area contributed by atoms with Gasteiger partial charge in [0.15, 0.2) is 5.76 Å². The zero-order valence-corrected chi connectivity index (χ0v) is 23.3. The lowest BCUT2D eigenvalue weighted by molar-refractivity contribution is 0.0929. The van der Waals surface area contributed by atoms with E-state index in [4.69, 9.17) is 13.9 Å². The molecule has 0 saturated carbocycles. The van der Waals surface area contributed by atoms with Gasteiger partial charge in [-0.25, -0.2) is 5.43 Å². The second-order valence-corrected chi connectivity index (χ2v) is 10.1. The lowest BCUT2D eigenvalue weighted by Gasteiger charge is -2.11. The summed E-state index contributed by atoms with van der Waals surface area (Å²) in [5.74, 6) is 1.21. The number of fused-ring (bicyclic) bond motifs is 1. The fourth-order valence-corrected chi connectivity index (χ4v) is 5.17. The summed E-state index contributed by atoms with van der Waals surface area (Å²) >= 11 is 9.21. The molecule has 0 atom stereocenters. The average Bonchev–Trinajstić information content (AvgIpc) is 3.23. The molecule has 0 aliphatic heterocycles. The number of carbonyl (C=O) groups excluding carboxylic acids is 1. The standard InChI is InChI=1S/C25H19Br2IN2O4/c1-2-32-19-7-8-22-17(11-19)12-23(34-22)25(31)30-29-13-16-9-20(27)24(21(28)10-16)33-14-15-3-5-18(26)6-4-15/h3-13H,2,14H2,1H3,(H,30,31)/b29-13+. The number of nitrogens with zero attached hydrogens (tertiary/aromatic N) is 1. The van der Waals surface area contributed by atoms with E-state index in [9.17, 15) is 4.79 Å². The smallest absolute Gasteiger partial charge is 0.307 e. The minimum atomic E-state index is -0.436. The molecule has 4 rings (SSSR count). The van der Waals surface area contributed by atoms with E-state index in [1.54, 1.807) is 24.4 Å². The third-order valence-electron chi connectivity index (χ3n) is 4.72. The van der Waals surface area contributed by atoms with Crippen LogP contribution in [0.5, 0.6) is 11.5 Å². The molecule has 0 bridgehead atoms. The lowest BCUT2D eigenvalue weighted by Crippen LogP contribution is -2.16. The number of furan rings is 1. The molecule has 0 aliphatic rings. The first-order valence-electron chi connectivity index (χ1n) is 10.3. The Hall–Kier alpha value is -2.37. The van der Waals surface area contributed by atoms with Gasteiger partial charge in [0.25, 0.3) is 0 Å². The van der Waals surface area contributed by atoms with Crippen LogP contribution in [0.15, 0.2) is 79.1 Å². The fraction of sp³-hybridized carbons (Fsp3) is 0.120. The number of ether oxygens (including phenoxy) is 2. The molecule has 0 spiro atoms. The van der Waals surface area contributed by atoms with Crippen LogP contribution in [0, 0.1) is 3.57 Å². The van der Waals surface area contributed by atoms with Crippen molar-refractivity contribution in [3.05, 3.63) is 90.1 Å². The van der Waals surface area contributed by atoms with Crippen LogP contribution in [0.2, 0.25) is 0 Å². The van der Waals surface area contributed by atoms with Crippen molar-refractivity contribution < 1.29 is 18.7 Å². The quantitative estimate of drug-likeness (QED) is 0.119. The second-order valence-electron chi connectivity index (χ2n) is 7.17. The number of rotatable bonds is 8. The van der Waals surface area contributed by atoms with Crippen molar-refractivity contribution in [2.75, 3.05) is 6.61 Å². The molecule has 0 unspecified atom stereocenters. The number of carbonyl (C=O) groups is 1. The Bertz CT molecular complexity index is 1330. The molecule has 1 heterocycles. The highest BCUT2D eigenvalue weighted by Crippen LogP contribution is 2.32. The summed E-state index contributed by atoms with van der Waals surface area (Å²) in [7, 11) is 0. The highest BCUT2D eigenvalue weighted by molar-refractivity contribution is 14.1. The van der Waals surface area contributed by atoms with Crippen molar-refractivity contribution in [1.29, 1.82) is 0 Å². The molecule has 174 valence electrons. The van der Waals surface area contributed by atoms with E-state index >= 15 is 0 Å². The molecule has 34 heavy (non-hydrogen) atoms. The van der Waals surface area contributed by atoms with Crippen molar-refractivity contribution in [1.82, 2.24) is 5.43 Å². The monoisotopic (exact) mass is 696 g/mol. The Morgan fingerprint density at radius 2 is 1.88 bits per heavy atom. The normalized spacial score (nSPS) is 11.2. The van der Waals surface area contributed by atoms with Gasteiger partial charge in [-0.1, -0.05) is 28.1 Å². The number of halogens is 3. The number of hydrogen-bond acceptors (Lipinski definition) is 5. The summed E-state index contributed by atoms with van der Waals surface area (Å²) in [5.41, 5.74) is 4.98. The van der Waals surface area contributed by atoms with Crippen LogP contribution in [0.1, 0.15) is 28.6 Å². The van der Waals surface area contributed by atoms with Crippen LogP contribution in [0.3, 0.4) is 0 Å². The first-order valence-corrected chi connectivity index (χ1v) is 13.0. The summed E-state index contributed by atoms with van der Waals surface area (Å²) in [6, 6.07) is 18.9. The molecule has 0 fully saturated rings. The van der Waals surface area contributed by atoms with Gasteiger partial charge in [0.1, 0.15) is 23.7 Å². The van der Waals surface area contributed by atoms with E-state index in [1.807, 2.05) is 49.4 Å². The molecule has 1 amide bonds. The zero-order chi connectivity index (χ0) is 24.1. The molecule has 0 aliphatic carbocycles. The molecule has 3 aromatic carbocycles. The van der Waals surface area contributed by atoms with Gasteiger partial charge < -0.3 is 13.9 Å². The lowest BCUT2D eigenvalue weighted by atomic mass is 10.2. The molecule has 0 radical (unpaired) electrons. The van der Waals surface area contributed by atoms with Gasteiger partial charge in [-0.05, 0) is 105 Å². The average molecular weight is 698 g/mol. The number of nitrogens with one attached hydrogen (secondary N) is 1. The topological polar surface area (TPSA) is 73.1 Å². The summed E-state index contributed by atoms with van der Waals surface area (Å²) in [4.78, 5) is 12.5. The van der Waals surface area contributed by atoms with Gasteiger partial charge in [-0.2, -0.15) is 5.10 Å². The summed E-state index contributed by atoms with van der Waals surface area (Å²) in [5, 5.41) is 4.86. The number of benzene rings is 3. The van der Waals surface area contributed by atoms with E-state index < -0.39 is 5.91 Å². The predicted molar refractivity (Wildman–Crippen MR) is 148 cm³/mol. The SMILES string of the molecule is CCOc1ccc2oc(C(=O)N/N=C/c3cc(Br)c(OCc4ccc(Br)cc4)c(I)c3)cc2c1. The summed E-state index contributed by atoms with van der Waals surface area (Å²) < 4.78 is 19.8. The maximum absolute atomic E-state index is 12.5. The third-order valence-corrected chi connectivity index (χ3v) is 6.64. The van der Waals surface area contributed by atoms with Crippen molar-refractivity contribution in [2.24, 2.45) is 5.10 Å². The van der Waals surface area contributed by atoms with Gasteiger partial charge >= 0.3 is 5.91 Å². The molecule has 0 saturated heterocycles. The van der Waals surface area contributed by atoms with Crippen LogP contribution < -0.4 is 14.9 Å². The Kier molecular flexibility index (Phi) is 8.28. The molecule has 9 heteroatoms. The maximum atomic E-state index is 12.5. The van der Waals surface area contributed by atoms with Crippen molar-refractivity contribution in [3.63, 3.8) is 0 Å². The van der Waals surface area contributed by atoms with Gasteiger partial charge in [0.05, 0.1) is 20.9 Å². The minimum Gasteiger partial charge on any atom is -0.494 e. The second kappa shape index (κ2) is 11.4. The highest BCUT2D eigenvalue weighted by atomic mass is 127. The van der Waals surface area contributed by atoms with Gasteiger partial charge in [-0.15, -0.1) is 0 Å². The van der Waals surface area contributed by atoms with Crippen LogP contribution in [-0.2, 0) is 6.61 Å². The van der Waals surface area contributed by atoms with Crippen molar-refractivity contribution in [2.45, 2.75) is 13.5 Å². The first-order chi connectivity index (χ1) is 16.4. The van der Waals surface area contributed by atoms with Crippen LogP contribution in [0.25, 0.3) is 11.0 Å². The third kappa shape index (κ3) is 6.19. The molecular formula is C25H19Br2IN2O4. The minimum absolute atomic E-state index is 0.174. The fourth-order valence-electron chi connectivity index (χ4n) is 3.14. The summed E-state index contributed by atoms with van der Waals surface area (Å²) in [6.07, 6.45) is 1.57. The molecular weight excluding hydrogens is 679 g/mol. The Labute approximate surface area is 227 Å². The Balaban J connectivity index is 1.39. The number of hydrogen-bond donors (Lipinski definition) is 1. The number of amides is 1. The highest BCUT2D eigenvalue weighted by Gasteiger charge is 2.13. The largest absolute Gasteiger partial charge is 0.494 e. The van der Waals surface area contributed by atoms with E-state index in [-0.39, 0.29) is 5.76 Å². The summed E-state index contributed by atoms with van der Waals surface area (Å²) in [6.45, 7) is 2.94. The van der Waals surface area contributed by atoms with E-state index in [1.165, 1.54) is 0 Å². The van der Waals surface area contributed by atoms with E-state index in [0.29, 0.717) is 18.8 Å². The molecule has 6 nitrogen and oxygen atoms in total. The van der Waals surface area contributed by atoms with Gasteiger partial charge in [0, 0.05) is 9.86 Å². The Morgan fingerprint density at radius 1 is 1.09 bits per heavy atom. The molecule has 1 N–H and O–H groups in total. The molecule has 1 aromatic heterocycles. The zero-order valence-electron chi connectivity index (χ0n) is 18.0. The van der Waals surface area contributed by atoms with Gasteiger partial charge in [-0.3, -0.25) is 4.79 Å². The van der Waals surface area contributed by atoms with E-state index in [0.717, 1.165) is 40.5 Å². The first kappa shape index (κ1) is 24.7. The maximum Gasteiger partial charge on any atom is 0.307 e. The number of hydrazone groups is 1. The molecule has 4 aromatic rings. The van der Waals surface area contributed by atoms with E-state index in [2.05, 4.69) is 65.0 Å². The van der Waals surface area contributed by atoms with Gasteiger partial charge in [0.2, 0.25) is 0 Å². The van der Waals surface area contributed by atoms with Crippen molar-refractivity contribution >= 4 is 77.5 Å². The Morgan fingerprint density at radius 3 is 2.62 bits per heavy atom. The van der Waals surface area contributed by atoms with Crippen LogP contribution >= 0.6 is 54.5 Å². The van der Waals surface area contributed by atoms with Crippen molar-refractivity contribution in [3.8, 4) is 11.5 Å². The van der Waals surface area contributed by atoms with Crippen LogP contribution in [-0.4, -0.2) is 18.7 Å². The predicted octanol–water partition coefficient (Wildman–Crippen LogP) is 7.30.